The average Bonchev–Trinajstić information content (AvgIpc) is 2.55. The minimum Gasteiger partial charge on any atom is -0.495 e. The third kappa shape index (κ3) is 3.75. The van der Waals surface area contributed by atoms with E-state index >= 15 is 0 Å². The molecule has 1 heterocycles. The van der Waals surface area contributed by atoms with Gasteiger partial charge < -0.3 is 10.5 Å². The van der Waals surface area contributed by atoms with Crippen molar-refractivity contribution < 1.29 is 4.74 Å². The van der Waals surface area contributed by atoms with Crippen LogP contribution in [0.5, 0.6) is 5.75 Å². The van der Waals surface area contributed by atoms with Crippen LogP contribution in [-0.4, -0.2) is 31.1 Å². The van der Waals surface area contributed by atoms with Gasteiger partial charge in [0.15, 0.2) is 0 Å². The van der Waals surface area contributed by atoms with E-state index in [1.165, 1.54) is 24.8 Å². The van der Waals surface area contributed by atoms with Gasteiger partial charge in [-0.1, -0.05) is 19.4 Å². The summed E-state index contributed by atoms with van der Waals surface area (Å²) >= 11 is 0. The highest BCUT2D eigenvalue weighted by atomic mass is 16.5. The summed E-state index contributed by atoms with van der Waals surface area (Å²) in [6.45, 7) is 4.95. The highest BCUT2D eigenvalue weighted by molar-refractivity contribution is 5.45. The van der Waals surface area contributed by atoms with Crippen LogP contribution in [0.3, 0.4) is 0 Å². The number of piperidine rings is 1. The van der Waals surface area contributed by atoms with Gasteiger partial charge in [-0.15, -0.1) is 0 Å². The molecule has 1 aliphatic rings. The molecule has 1 aromatic carbocycles. The number of hydrogen-bond donors (Lipinski definition) is 1. The zero-order chi connectivity index (χ0) is 15.2. The summed E-state index contributed by atoms with van der Waals surface area (Å²) in [5.74, 6) is 1.47. The maximum absolute atomic E-state index is 9.04. The fourth-order valence-electron chi connectivity index (χ4n) is 3.17. The SMILES string of the molecule is CCC1CCN(Cc2ccc(C#N)c(OC)c2)C(CN)C1. The molecule has 0 radical (unpaired) electrons. The van der Waals surface area contributed by atoms with Crippen LogP contribution in [0, 0.1) is 17.2 Å². The number of methoxy groups -OCH3 is 1. The minimum absolute atomic E-state index is 0.463. The van der Waals surface area contributed by atoms with Crippen LogP contribution in [0.25, 0.3) is 0 Å². The molecule has 1 fully saturated rings. The lowest BCUT2D eigenvalue weighted by atomic mass is 9.88. The number of rotatable bonds is 5. The summed E-state index contributed by atoms with van der Waals surface area (Å²) in [7, 11) is 1.61. The topological polar surface area (TPSA) is 62.3 Å². The van der Waals surface area contributed by atoms with E-state index < -0.39 is 0 Å². The van der Waals surface area contributed by atoms with Gasteiger partial charge in [-0.25, -0.2) is 0 Å². The number of nitrogens with zero attached hydrogens (tertiary/aromatic N) is 2. The average molecular weight is 287 g/mol. The first-order chi connectivity index (χ1) is 10.2. The molecule has 0 aromatic heterocycles. The van der Waals surface area contributed by atoms with Gasteiger partial charge in [0.05, 0.1) is 12.7 Å². The Morgan fingerprint density at radius 2 is 2.29 bits per heavy atom. The van der Waals surface area contributed by atoms with Crippen LogP contribution in [0.1, 0.15) is 37.3 Å². The van der Waals surface area contributed by atoms with Gasteiger partial charge in [0.25, 0.3) is 0 Å². The van der Waals surface area contributed by atoms with Crippen molar-refractivity contribution in [2.75, 3.05) is 20.2 Å². The molecule has 2 N–H and O–H groups in total. The Bertz CT molecular complexity index is 509. The van der Waals surface area contributed by atoms with E-state index in [-0.39, 0.29) is 0 Å². The molecular weight excluding hydrogens is 262 g/mol. The molecule has 0 bridgehead atoms. The lowest BCUT2D eigenvalue weighted by Gasteiger charge is -2.39. The molecular formula is C17H25N3O. The molecule has 2 rings (SSSR count). The molecule has 0 spiro atoms. The lowest BCUT2D eigenvalue weighted by molar-refractivity contribution is 0.107. The largest absolute Gasteiger partial charge is 0.495 e. The monoisotopic (exact) mass is 287 g/mol. The Morgan fingerprint density at radius 1 is 1.48 bits per heavy atom. The number of nitriles is 1. The molecule has 2 unspecified atom stereocenters. The number of likely N-dealkylation sites (tertiary alicyclic amines) is 1. The summed E-state index contributed by atoms with van der Waals surface area (Å²) in [4.78, 5) is 2.47. The van der Waals surface area contributed by atoms with Crippen LogP contribution in [0.15, 0.2) is 18.2 Å². The predicted octanol–water partition coefficient (Wildman–Crippen LogP) is 2.52. The van der Waals surface area contributed by atoms with E-state index in [1.54, 1.807) is 7.11 Å². The van der Waals surface area contributed by atoms with Gasteiger partial charge >= 0.3 is 0 Å². The van der Waals surface area contributed by atoms with Crippen molar-refractivity contribution in [1.29, 1.82) is 5.26 Å². The van der Waals surface area contributed by atoms with E-state index in [1.807, 2.05) is 18.2 Å². The molecule has 0 amide bonds. The Morgan fingerprint density at radius 3 is 2.90 bits per heavy atom. The molecule has 1 aromatic rings. The number of nitrogens with two attached hydrogens (primary N) is 1. The molecule has 21 heavy (non-hydrogen) atoms. The standard InChI is InChI=1S/C17H25N3O/c1-3-13-6-7-20(16(8-13)11-19)12-14-4-5-15(10-18)17(9-14)21-2/h4-5,9,13,16H,3,6-8,11-12,19H2,1-2H3. The minimum atomic E-state index is 0.463. The summed E-state index contributed by atoms with van der Waals surface area (Å²) < 4.78 is 5.29. The normalized spacial score (nSPS) is 22.8. The molecule has 1 aliphatic heterocycles. The van der Waals surface area contributed by atoms with Gasteiger partial charge in [-0.2, -0.15) is 5.26 Å². The molecule has 1 saturated heterocycles. The highest BCUT2D eigenvalue weighted by Crippen LogP contribution is 2.27. The molecule has 0 saturated carbocycles. The number of benzene rings is 1. The van der Waals surface area contributed by atoms with E-state index in [2.05, 4.69) is 17.9 Å². The molecule has 0 aliphatic carbocycles. The van der Waals surface area contributed by atoms with Crippen LogP contribution >= 0.6 is 0 Å². The Balaban J connectivity index is 2.09. The number of hydrogen-bond acceptors (Lipinski definition) is 4. The van der Waals surface area contributed by atoms with Crippen LogP contribution in [-0.2, 0) is 6.54 Å². The third-order valence-electron chi connectivity index (χ3n) is 4.57. The first-order valence-electron chi connectivity index (χ1n) is 7.72. The zero-order valence-corrected chi connectivity index (χ0v) is 13.0. The maximum Gasteiger partial charge on any atom is 0.136 e. The fraction of sp³-hybridized carbons (Fsp3) is 0.588. The number of ether oxygens (including phenoxy) is 1. The van der Waals surface area contributed by atoms with Crippen molar-refractivity contribution in [1.82, 2.24) is 4.90 Å². The van der Waals surface area contributed by atoms with Crippen molar-refractivity contribution in [3.05, 3.63) is 29.3 Å². The van der Waals surface area contributed by atoms with Crippen LogP contribution < -0.4 is 10.5 Å². The molecule has 114 valence electrons. The maximum atomic E-state index is 9.04. The van der Waals surface area contributed by atoms with Crippen molar-refractivity contribution in [3.8, 4) is 11.8 Å². The summed E-state index contributed by atoms with van der Waals surface area (Å²) in [6.07, 6.45) is 3.69. The van der Waals surface area contributed by atoms with Gasteiger partial charge in [-0.05, 0) is 43.0 Å². The Kier molecular flexibility index (Phi) is 5.60. The van der Waals surface area contributed by atoms with Crippen molar-refractivity contribution in [3.63, 3.8) is 0 Å². The molecule has 4 heteroatoms. The highest BCUT2D eigenvalue weighted by Gasteiger charge is 2.26. The van der Waals surface area contributed by atoms with Crippen LogP contribution in [0.4, 0.5) is 0 Å². The van der Waals surface area contributed by atoms with E-state index in [9.17, 15) is 0 Å². The predicted molar refractivity (Wildman–Crippen MR) is 84.0 cm³/mol. The summed E-state index contributed by atoms with van der Waals surface area (Å²) in [5, 5.41) is 9.04. The van der Waals surface area contributed by atoms with Crippen molar-refractivity contribution in [2.45, 2.75) is 38.8 Å². The fourth-order valence-corrected chi connectivity index (χ4v) is 3.17. The van der Waals surface area contributed by atoms with Gasteiger partial charge in [0.2, 0.25) is 0 Å². The van der Waals surface area contributed by atoms with Crippen molar-refractivity contribution >= 4 is 0 Å². The second-order valence-corrected chi connectivity index (χ2v) is 5.81. The Labute approximate surface area is 127 Å². The van der Waals surface area contributed by atoms with Gasteiger partial charge in [0, 0.05) is 19.1 Å². The van der Waals surface area contributed by atoms with E-state index in [0.717, 1.165) is 19.0 Å². The smallest absolute Gasteiger partial charge is 0.136 e. The van der Waals surface area contributed by atoms with Gasteiger partial charge in [0.1, 0.15) is 11.8 Å². The zero-order valence-electron chi connectivity index (χ0n) is 13.0. The lowest BCUT2D eigenvalue weighted by Crippen LogP contribution is -2.46. The second kappa shape index (κ2) is 7.44. The quantitative estimate of drug-likeness (QED) is 0.904. The van der Waals surface area contributed by atoms with Crippen LogP contribution in [0.2, 0.25) is 0 Å². The van der Waals surface area contributed by atoms with Crippen molar-refractivity contribution in [2.24, 2.45) is 11.7 Å². The third-order valence-corrected chi connectivity index (χ3v) is 4.57. The Hall–Kier alpha value is -1.57. The first-order valence-corrected chi connectivity index (χ1v) is 7.72. The van der Waals surface area contributed by atoms with E-state index in [0.29, 0.717) is 23.9 Å². The molecule has 2 atom stereocenters. The second-order valence-electron chi connectivity index (χ2n) is 5.81. The summed E-state index contributed by atoms with van der Waals surface area (Å²) in [5.41, 5.74) is 7.72. The molecule has 4 nitrogen and oxygen atoms in total. The first kappa shape index (κ1) is 15.8. The van der Waals surface area contributed by atoms with E-state index in [4.69, 9.17) is 15.7 Å². The van der Waals surface area contributed by atoms with Gasteiger partial charge in [-0.3, -0.25) is 4.90 Å². The summed E-state index contributed by atoms with van der Waals surface area (Å²) in [6, 6.07) is 8.44.